The van der Waals surface area contributed by atoms with Crippen molar-refractivity contribution in [3.05, 3.63) is 36.4 Å². The molecule has 0 unspecified atom stereocenters. The number of ether oxygens (including phenoxy) is 2. The van der Waals surface area contributed by atoms with Crippen LogP contribution >= 0.6 is 0 Å². The summed E-state index contributed by atoms with van der Waals surface area (Å²) in [4.78, 5) is 12.1. The number of benzene rings is 1. The third-order valence-corrected chi connectivity index (χ3v) is 8.70. The van der Waals surface area contributed by atoms with Crippen molar-refractivity contribution >= 4 is 14.3 Å². The average molecular weight is 351 g/mol. The maximum Gasteiger partial charge on any atom is 0.341 e. The number of rotatable bonds is 8. The van der Waals surface area contributed by atoms with Gasteiger partial charge in [0.15, 0.2) is 5.75 Å². The molecular formula is C19H30O4Si. The van der Waals surface area contributed by atoms with Gasteiger partial charge in [0, 0.05) is 0 Å². The summed E-state index contributed by atoms with van der Waals surface area (Å²) in [6.07, 6.45) is 3.54. The molecule has 0 amide bonds. The van der Waals surface area contributed by atoms with Crippen LogP contribution in [0.15, 0.2) is 30.9 Å². The van der Waals surface area contributed by atoms with Gasteiger partial charge < -0.3 is 13.9 Å². The molecular weight excluding hydrogens is 320 g/mol. The molecule has 0 fully saturated rings. The molecule has 0 bridgehead atoms. The van der Waals surface area contributed by atoms with Crippen LogP contribution in [0.25, 0.3) is 0 Å². The van der Waals surface area contributed by atoms with E-state index in [0.29, 0.717) is 23.7 Å². The molecule has 1 aromatic carbocycles. The van der Waals surface area contributed by atoms with Gasteiger partial charge in [-0.15, -0.1) is 6.58 Å². The van der Waals surface area contributed by atoms with Crippen molar-refractivity contribution in [2.75, 3.05) is 13.7 Å². The first kappa shape index (κ1) is 20.3. The lowest BCUT2D eigenvalue weighted by atomic mass is 10.2. The summed E-state index contributed by atoms with van der Waals surface area (Å²) in [5.41, 5.74) is 0.396. The lowest BCUT2D eigenvalue weighted by molar-refractivity contribution is 0.0595. The molecule has 0 atom stereocenters. The molecule has 0 spiro atoms. The highest BCUT2D eigenvalue weighted by molar-refractivity contribution is 6.74. The largest absolute Gasteiger partial charge is 0.541 e. The Bertz CT molecular complexity index is 573. The molecule has 0 saturated heterocycles. The van der Waals surface area contributed by atoms with Gasteiger partial charge in [-0.3, -0.25) is 0 Å². The molecule has 0 aliphatic carbocycles. The SMILES string of the molecule is C=CCCCOc1c(O[Si](C)(C)C(C)(C)C)cccc1C(=O)OC. The zero-order valence-electron chi connectivity index (χ0n) is 15.8. The van der Waals surface area contributed by atoms with Gasteiger partial charge in [-0.2, -0.15) is 0 Å². The number of methoxy groups -OCH3 is 1. The Labute approximate surface area is 146 Å². The first-order valence-electron chi connectivity index (χ1n) is 8.28. The van der Waals surface area contributed by atoms with E-state index in [1.54, 1.807) is 12.1 Å². The number of para-hydroxylation sites is 1. The zero-order chi connectivity index (χ0) is 18.4. The molecule has 134 valence electrons. The number of allylic oxidation sites excluding steroid dienone is 1. The van der Waals surface area contributed by atoms with E-state index in [1.807, 2.05) is 12.1 Å². The molecule has 0 aliphatic rings. The fourth-order valence-corrected chi connectivity index (χ4v) is 2.86. The van der Waals surface area contributed by atoms with E-state index in [2.05, 4.69) is 40.4 Å². The van der Waals surface area contributed by atoms with E-state index in [-0.39, 0.29) is 5.04 Å². The summed E-state index contributed by atoms with van der Waals surface area (Å²) in [6.45, 7) is 15.1. The van der Waals surface area contributed by atoms with Crippen molar-refractivity contribution in [3.63, 3.8) is 0 Å². The standard InChI is InChI=1S/C19H30O4Si/c1-8-9-10-14-22-17-15(18(20)21-5)12-11-13-16(17)23-24(6,7)19(2,3)4/h8,11-13H,1,9-10,14H2,2-7H3. The van der Waals surface area contributed by atoms with Gasteiger partial charge in [-0.05, 0) is 43.1 Å². The Morgan fingerprint density at radius 3 is 2.50 bits per heavy atom. The number of esters is 1. The summed E-state index contributed by atoms with van der Waals surface area (Å²) in [5.74, 6) is 0.663. The lowest BCUT2D eigenvalue weighted by Gasteiger charge is -2.37. The van der Waals surface area contributed by atoms with Gasteiger partial charge in [0.2, 0.25) is 0 Å². The van der Waals surface area contributed by atoms with Crippen LogP contribution in [0, 0.1) is 0 Å². The van der Waals surface area contributed by atoms with Crippen molar-refractivity contribution in [3.8, 4) is 11.5 Å². The van der Waals surface area contributed by atoms with Gasteiger partial charge in [-0.1, -0.05) is 32.9 Å². The minimum absolute atomic E-state index is 0.0500. The summed E-state index contributed by atoms with van der Waals surface area (Å²) in [7, 11) is -0.681. The van der Waals surface area contributed by atoms with Crippen LogP contribution in [0.3, 0.4) is 0 Å². The third kappa shape index (κ3) is 5.13. The van der Waals surface area contributed by atoms with Gasteiger partial charge in [-0.25, -0.2) is 4.79 Å². The van der Waals surface area contributed by atoms with Crippen molar-refractivity contribution in [2.24, 2.45) is 0 Å². The second-order valence-corrected chi connectivity index (χ2v) is 12.0. The van der Waals surface area contributed by atoms with Crippen molar-refractivity contribution in [1.29, 1.82) is 0 Å². The van der Waals surface area contributed by atoms with E-state index >= 15 is 0 Å². The Morgan fingerprint density at radius 2 is 1.96 bits per heavy atom. The number of hydrogen-bond donors (Lipinski definition) is 0. The number of unbranched alkanes of at least 4 members (excludes halogenated alkanes) is 1. The second kappa shape index (κ2) is 8.38. The Morgan fingerprint density at radius 1 is 1.29 bits per heavy atom. The van der Waals surface area contributed by atoms with Crippen LogP contribution in [0.5, 0.6) is 11.5 Å². The Kier molecular flexibility index (Phi) is 7.08. The normalized spacial score (nSPS) is 11.8. The van der Waals surface area contributed by atoms with Gasteiger partial charge in [0.1, 0.15) is 11.3 Å². The van der Waals surface area contributed by atoms with Gasteiger partial charge in [0.25, 0.3) is 8.32 Å². The van der Waals surface area contributed by atoms with E-state index in [4.69, 9.17) is 13.9 Å². The quantitative estimate of drug-likeness (QED) is 0.280. The fraction of sp³-hybridized carbons (Fsp3) is 0.526. The first-order valence-corrected chi connectivity index (χ1v) is 11.2. The van der Waals surface area contributed by atoms with Gasteiger partial charge in [0.05, 0.1) is 13.7 Å². The van der Waals surface area contributed by atoms with Crippen LogP contribution in [-0.2, 0) is 4.74 Å². The van der Waals surface area contributed by atoms with E-state index in [9.17, 15) is 4.79 Å². The van der Waals surface area contributed by atoms with Crippen LogP contribution in [0.4, 0.5) is 0 Å². The molecule has 0 N–H and O–H groups in total. The summed E-state index contributed by atoms with van der Waals surface area (Å²) in [6, 6.07) is 5.36. The van der Waals surface area contributed by atoms with Crippen molar-refractivity contribution in [1.82, 2.24) is 0 Å². The molecule has 0 radical (unpaired) electrons. The summed E-state index contributed by atoms with van der Waals surface area (Å²) in [5, 5.41) is 0.0500. The number of carbonyl (C=O) groups excluding carboxylic acids is 1. The highest BCUT2D eigenvalue weighted by Gasteiger charge is 2.39. The molecule has 1 rings (SSSR count). The molecule has 0 aliphatic heterocycles. The molecule has 0 aromatic heterocycles. The number of carbonyl (C=O) groups is 1. The van der Waals surface area contributed by atoms with Gasteiger partial charge >= 0.3 is 5.97 Å². The maximum absolute atomic E-state index is 12.1. The van der Waals surface area contributed by atoms with E-state index in [1.165, 1.54) is 7.11 Å². The van der Waals surface area contributed by atoms with Crippen LogP contribution in [-0.4, -0.2) is 28.0 Å². The summed E-state index contributed by atoms with van der Waals surface area (Å²) >= 11 is 0. The van der Waals surface area contributed by atoms with Crippen LogP contribution in [0.1, 0.15) is 44.0 Å². The highest BCUT2D eigenvalue weighted by atomic mass is 28.4. The Balaban J connectivity index is 3.18. The maximum atomic E-state index is 12.1. The smallest absolute Gasteiger partial charge is 0.341 e. The van der Waals surface area contributed by atoms with Crippen molar-refractivity contribution < 1.29 is 18.7 Å². The number of hydrogen-bond acceptors (Lipinski definition) is 4. The zero-order valence-corrected chi connectivity index (χ0v) is 16.8. The topological polar surface area (TPSA) is 44.8 Å². The minimum atomic E-state index is -2.05. The third-order valence-electron chi connectivity index (χ3n) is 4.35. The molecule has 24 heavy (non-hydrogen) atoms. The van der Waals surface area contributed by atoms with Crippen LogP contribution in [0.2, 0.25) is 18.1 Å². The molecule has 5 heteroatoms. The molecule has 0 heterocycles. The van der Waals surface area contributed by atoms with Crippen molar-refractivity contribution in [2.45, 2.75) is 51.7 Å². The molecule has 4 nitrogen and oxygen atoms in total. The molecule has 1 aromatic rings. The monoisotopic (exact) mass is 350 g/mol. The summed E-state index contributed by atoms with van der Waals surface area (Å²) < 4.78 is 17.2. The average Bonchev–Trinajstić information content (AvgIpc) is 2.50. The Hall–Kier alpha value is -1.75. The predicted octanol–water partition coefficient (Wildman–Crippen LogP) is 5.20. The van der Waals surface area contributed by atoms with E-state index < -0.39 is 14.3 Å². The first-order chi connectivity index (χ1) is 11.1. The predicted molar refractivity (Wildman–Crippen MR) is 101 cm³/mol. The van der Waals surface area contributed by atoms with Crippen LogP contribution < -0.4 is 9.16 Å². The van der Waals surface area contributed by atoms with E-state index in [0.717, 1.165) is 12.8 Å². The highest BCUT2D eigenvalue weighted by Crippen LogP contribution is 2.41. The molecule has 0 saturated carbocycles. The second-order valence-electron chi connectivity index (χ2n) is 7.27. The fourth-order valence-electron chi connectivity index (χ4n) is 1.85. The minimum Gasteiger partial charge on any atom is -0.541 e. The lowest BCUT2D eigenvalue weighted by Crippen LogP contribution is -2.44.